The summed E-state index contributed by atoms with van der Waals surface area (Å²) < 4.78 is 3.73. The summed E-state index contributed by atoms with van der Waals surface area (Å²) in [5, 5.41) is 5.40. The molecule has 0 aliphatic carbocycles. The summed E-state index contributed by atoms with van der Waals surface area (Å²) in [5.74, 6) is 0. The third-order valence-corrected chi connectivity index (χ3v) is 6.94. The van der Waals surface area contributed by atoms with Crippen LogP contribution >= 0.6 is 11.3 Å². The van der Waals surface area contributed by atoms with Crippen LogP contribution in [-0.2, 0) is 6.54 Å². The van der Waals surface area contributed by atoms with Crippen LogP contribution < -0.4 is 16.9 Å². The van der Waals surface area contributed by atoms with Gasteiger partial charge in [-0.15, -0.1) is 11.3 Å². The third kappa shape index (κ3) is 2.84. The lowest BCUT2D eigenvalue weighted by Crippen LogP contribution is -2.33. The maximum Gasteiger partial charge on any atom is 0.261 e. The Bertz CT molecular complexity index is 1430. The monoisotopic (exact) mass is 402 g/mol. The summed E-state index contributed by atoms with van der Waals surface area (Å²) in [6.45, 7) is 1.15. The van der Waals surface area contributed by atoms with E-state index in [1.165, 1.54) is 9.27 Å². The van der Waals surface area contributed by atoms with Gasteiger partial charge in [0.25, 0.3) is 11.1 Å². The number of unbranched alkanes of at least 4 members (excludes halogenated alkanes) is 3. The molecule has 0 fully saturated rings. The second-order valence-electron chi connectivity index (χ2n) is 7.58. The molecular weight excluding hydrogens is 380 g/mol. The highest BCUT2D eigenvalue weighted by Crippen LogP contribution is 2.39. The van der Waals surface area contributed by atoms with Crippen molar-refractivity contribution < 1.29 is 0 Å². The summed E-state index contributed by atoms with van der Waals surface area (Å²) >= 11 is 1.71. The highest BCUT2D eigenvalue weighted by atomic mass is 32.1. The summed E-state index contributed by atoms with van der Waals surface area (Å²) in [5.41, 5.74) is 5.20. The Balaban J connectivity index is 1.76. The number of rotatable bonds is 6. The molecule has 0 aliphatic heterocycles. The number of benzene rings is 3. The van der Waals surface area contributed by atoms with Crippen LogP contribution in [0.3, 0.4) is 0 Å². The predicted octanol–water partition coefficient (Wildman–Crippen LogP) is 4.84. The van der Waals surface area contributed by atoms with E-state index in [4.69, 9.17) is 5.73 Å². The first-order valence-electron chi connectivity index (χ1n) is 10.1. The fourth-order valence-corrected chi connectivity index (χ4v) is 5.50. The molecule has 4 nitrogen and oxygen atoms in total. The minimum Gasteiger partial charge on any atom is -0.330 e. The van der Waals surface area contributed by atoms with Gasteiger partial charge in [0, 0.05) is 37.5 Å². The van der Waals surface area contributed by atoms with Gasteiger partial charge in [-0.1, -0.05) is 37.1 Å². The Labute approximate surface area is 171 Å². The number of hydrogen-bond acceptors (Lipinski definition) is 4. The van der Waals surface area contributed by atoms with Gasteiger partial charge in [0.2, 0.25) is 0 Å². The molecule has 0 aliphatic rings. The second-order valence-corrected chi connectivity index (χ2v) is 8.67. The van der Waals surface area contributed by atoms with Crippen LogP contribution in [0.4, 0.5) is 0 Å². The van der Waals surface area contributed by atoms with Gasteiger partial charge in [-0.25, -0.2) is 0 Å². The van der Waals surface area contributed by atoms with Crippen LogP contribution in [-0.4, -0.2) is 11.1 Å². The molecule has 0 atom stereocenters. The first-order chi connectivity index (χ1) is 14.2. The Kier molecular flexibility index (Phi) is 4.57. The van der Waals surface area contributed by atoms with Crippen LogP contribution in [0.25, 0.3) is 41.7 Å². The molecule has 0 saturated heterocycles. The molecule has 146 valence electrons. The minimum atomic E-state index is -0.172. The van der Waals surface area contributed by atoms with Gasteiger partial charge in [-0.3, -0.25) is 14.2 Å². The van der Waals surface area contributed by atoms with E-state index in [1.54, 1.807) is 11.3 Å². The van der Waals surface area contributed by atoms with Crippen molar-refractivity contribution in [3.8, 4) is 0 Å². The number of aromatic nitrogens is 1. The standard InChI is InChI=1S/C24H22N2O2S/c25-13-5-1-2-6-14-26-23(27)17-10-9-16-15-7-3-4-8-19(15)29-20-12-11-18(24(26)28)21(17)22(16)20/h3-4,7-12H,1-2,5-6,13-14,25H2. The largest absolute Gasteiger partial charge is 0.330 e. The maximum absolute atomic E-state index is 13.2. The van der Waals surface area contributed by atoms with E-state index in [0.717, 1.165) is 51.9 Å². The fourth-order valence-electron chi connectivity index (χ4n) is 4.38. The van der Waals surface area contributed by atoms with Gasteiger partial charge in [0.05, 0.1) is 0 Å². The lowest BCUT2D eigenvalue weighted by Gasteiger charge is -2.14. The van der Waals surface area contributed by atoms with Crippen molar-refractivity contribution in [2.45, 2.75) is 32.2 Å². The molecule has 2 heterocycles. The average molecular weight is 403 g/mol. The average Bonchev–Trinajstić information content (AvgIpc) is 2.75. The highest BCUT2D eigenvalue weighted by molar-refractivity contribution is 7.25. The molecule has 0 amide bonds. The Morgan fingerprint density at radius 3 is 2.17 bits per heavy atom. The molecule has 0 unspecified atom stereocenters. The van der Waals surface area contributed by atoms with Crippen molar-refractivity contribution in [2.75, 3.05) is 6.54 Å². The van der Waals surface area contributed by atoms with E-state index in [1.807, 2.05) is 36.4 Å². The molecule has 2 N–H and O–H groups in total. The minimum absolute atomic E-state index is 0.172. The highest BCUT2D eigenvalue weighted by Gasteiger charge is 2.17. The summed E-state index contributed by atoms with van der Waals surface area (Å²) in [6, 6.07) is 16.1. The van der Waals surface area contributed by atoms with Crippen LogP contribution in [0.1, 0.15) is 25.7 Å². The van der Waals surface area contributed by atoms with Gasteiger partial charge in [0.1, 0.15) is 0 Å². The van der Waals surface area contributed by atoms with Crippen molar-refractivity contribution in [3.05, 3.63) is 69.2 Å². The SMILES string of the molecule is NCCCCCCn1c(=O)c2ccc3sc4ccccc4c4ccc(c1=O)c2c34. The molecular formula is C24H22N2O2S. The van der Waals surface area contributed by atoms with Crippen LogP contribution in [0, 0.1) is 0 Å². The van der Waals surface area contributed by atoms with Crippen LogP contribution in [0.2, 0.25) is 0 Å². The number of pyridine rings is 1. The number of nitrogens with two attached hydrogens (primary N) is 1. The molecule has 5 aromatic rings. The zero-order valence-electron chi connectivity index (χ0n) is 16.1. The lowest BCUT2D eigenvalue weighted by molar-refractivity contribution is 0.558. The molecule has 0 spiro atoms. The van der Waals surface area contributed by atoms with E-state index in [0.29, 0.717) is 23.9 Å². The third-order valence-electron chi connectivity index (χ3n) is 5.81. The smallest absolute Gasteiger partial charge is 0.261 e. The fraction of sp³-hybridized carbons (Fsp3) is 0.250. The van der Waals surface area contributed by atoms with Gasteiger partial charge in [-0.2, -0.15) is 0 Å². The Morgan fingerprint density at radius 2 is 1.38 bits per heavy atom. The lowest BCUT2D eigenvalue weighted by atomic mass is 9.97. The van der Waals surface area contributed by atoms with E-state index < -0.39 is 0 Å². The van der Waals surface area contributed by atoms with Gasteiger partial charge in [0.15, 0.2) is 0 Å². The molecule has 0 bridgehead atoms. The Hall–Kier alpha value is -2.76. The first-order valence-corrected chi connectivity index (χ1v) is 11.0. The zero-order valence-corrected chi connectivity index (χ0v) is 16.9. The molecule has 5 rings (SSSR count). The summed E-state index contributed by atoms with van der Waals surface area (Å²) in [4.78, 5) is 26.4. The van der Waals surface area contributed by atoms with Crippen molar-refractivity contribution in [2.24, 2.45) is 5.73 Å². The van der Waals surface area contributed by atoms with Gasteiger partial charge < -0.3 is 5.73 Å². The number of fused-ring (bicyclic) bond motifs is 2. The van der Waals surface area contributed by atoms with Crippen molar-refractivity contribution in [3.63, 3.8) is 0 Å². The van der Waals surface area contributed by atoms with E-state index in [9.17, 15) is 9.59 Å². The number of nitrogens with zero attached hydrogens (tertiary/aromatic N) is 1. The Morgan fingerprint density at radius 1 is 0.690 bits per heavy atom. The van der Waals surface area contributed by atoms with Crippen molar-refractivity contribution in [1.82, 2.24) is 4.57 Å². The molecule has 0 radical (unpaired) electrons. The topological polar surface area (TPSA) is 65.1 Å². The zero-order chi connectivity index (χ0) is 20.0. The molecule has 0 saturated carbocycles. The van der Waals surface area contributed by atoms with E-state index in [2.05, 4.69) is 12.1 Å². The van der Waals surface area contributed by atoms with E-state index in [-0.39, 0.29) is 11.1 Å². The summed E-state index contributed by atoms with van der Waals surface area (Å²) in [6.07, 6.45) is 3.80. The maximum atomic E-state index is 13.2. The first kappa shape index (κ1) is 18.3. The van der Waals surface area contributed by atoms with Crippen LogP contribution in [0.5, 0.6) is 0 Å². The molecule has 5 heteroatoms. The molecule has 2 aromatic heterocycles. The van der Waals surface area contributed by atoms with Crippen LogP contribution in [0.15, 0.2) is 58.1 Å². The van der Waals surface area contributed by atoms with Gasteiger partial charge in [-0.05, 0) is 54.4 Å². The second kappa shape index (κ2) is 7.25. The number of hydrogen-bond donors (Lipinski definition) is 1. The van der Waals surface area contributed by atoms with E-state index >= 15 is 0 Å². The van der Waals surface area contributed by atoms with Crippen molar-refractivity contribution in [1.29, 1.82) is 0 Å². The van der Waals surface area contributed by atoms with Gasteiger partial charge >= 0.3 is 0 Å². The summed E-state index contributed by atoms with van der Waals surface area (Å²) in [7, 11) is 0. The quantitative estimate of drug-likeness (QED) is 0.251. The molecule has 3 aromatic carbocycles. The predicted molar refractivity (Wildman–Crippen MR) is 124 cm³/mol. The molecule has 29 heavy (non-hydrogen) atoms. The normalized spacial score (nSPS) is 12.0. The van der Waals surface area contributed by atoms with Crippen molar-refractivity contribution >= 4 is 53.1 Å².